The quantitative estimate of drug-likeness (QED) is 0.447. The van der Waals surface area contributed by atoms with Crippen LogP contribution in [0.15, 0.2) is 78.9 Å². The second-order valence-corrected chi connectivity index (χ2v) is 8.39. The number of aryl methyl sites for hydroxylation is 1. The van der Waals surface area contributed by atoms with Crippen LogP contribution >= 0.6 is 12.2 Å². The zero-order valence-corrected chi connectivity index (χ0v) is 20.2. The minimum Gasteiger partial charge on any atom is -0.492 e. The van der Waals surface area contributed by atoms with E-state index >= 15 is 0 Å². The van der Waals surface area contributed by atoms with E-state index in [1.807, 2.05) is 60.7 Å². The average Bonchev–Trinajstić information content (AvgIpc) is 2.83. The number of rotatable bonds is 9. The number of anilines is 1. The number of ether oxygens (including phenoxy) is 1. The second kappa shape index (κ2) is 12.5. The molecule has 2 N–H and O–H groups in total. The minimum atomic E-state index is -0.347. The summed E-state index contributed by atoms with van der Waals surface area (Å²) in [7, 11) is 3.49. The smallest absolute Gasteiger partial charge is 0.261 e. The van der Waals surface area contributed by atoms with E-state index in [4.69, 9.17) is 17.0 Å². The van der Waals surface area contributed by atoms with Crippen LogP contribution in [-0.4, -0.2) is 42.5 Å². The van der Waals surface area contributed by atoms with Gasteiger partial charge in [-0.3, -0.25) is 14.9 Å². The Balaban J connectivity index is 1.55. The van der Waals surface area contributed by atoms with Crippen LogP contribution in [0.3, 0.4) is 0 Å². The summed E-state index contributed by atoms with van der Waals surface area (Å²) in [5.74, 6) is 0.234. The summed E-state index contributed by atoms with van der Waals surface area (Å²) < 4.78 is 5.89. The van der Waals surface area contributed by atoms with E-state index in [0.717, 1.165) is 17.7 Å². The largest absolute Gasteiger partial charge is 0.492 e. The minimum absolute atomic E-state index is 0.0748. The standard InChI is InChI=1S/C27H29N3O3S/c1-30(2)25(31)16-15-21-11-8-12-22(19-21)28-27(34)29-26(32)23-13-6-7-14-24(23)33-18-17-20-9-4-3-5-10-20/h3-14,19H,15-18H2,1-2H3,(H2,28,29,32,34). The van der Waals surface area contributed by atoms with Gasteiger partial charge in [0.05, 0.1) is 12.2 Å². The van der Waals surface area contributed by atoms with E-state index in [9.17, 15) is 9.59 Å². The molecule has 0 aliphatic rings. The highest BCUT2D eigenvalue weighted by Crippen LogP contribution is 2.19. The normalized spacial score (nSPS) is 10.3. The lowest BCUT2D eigenvalue weighted by Gasteiger charge is -2.14. The van der Waals surface area contributed by atoms with Gasteiger partial charge in [-0.05, 0) is 54.0 Å². The first kappa shape index (κ1) is 24.9. The molecule has 3 aromatic carbocycles. The van der Waals surface area contributed by atoms with Crippen LogP contribution in [0.25, 0.3) is 0 Å². The van der Waals surface area contributed by atoms with Gasteiger partial charge in [-0.1, -0.05) is 54.6 Å². The molecule has 0 spiro atoms. The molecule has 2 amide bonds. The zero-order valence-electron chi connectivity index (χ0n) is 19.4. The molecule has 0 unspecified atom stereocenters. The highest BCUT2D eigenvalue weighted by Gasteiger charge is 2.14. The van der Waals surface area contributed by atoms with Gasteiger partial charge >= 0.3 is 0 Å². The van der Waals surface area contributed by atoms with Crippen molar-refractivity contribution in [2.45, 2.75) is 19.3 Å². The van der Waals surface area contributed by atoms with Gasteiger partial charge in [0, 0.05) is 32.6 Å². The third kappa shape index (κ3) is 7.71. The zero-order chi connectivity index (χ0) is 24.3. The molecular weight excluding hydrogens is 446 g/mol. The fraction of sp³-hybridized carbons (Fsp3) is 0.222. The van der Waals surface area contributed by atoms with Crippen molar-refractivity contribution in [3.8, 4) is 5.75 Å². The molecule has 0 aromatic heterocycles. The first-order valence-corrected chi connectivity index (χ1v) is 11.5. The van der Waals surface area contributed by atoms with E-state index in [1.165, 1.54) is 5.56 Å². The molecule has 0 bridgehead atoms. The van der Waals surface area contributed by atoms with E-state index < -0.39 is 0 Å². The Labute approximate surface area is 205 Å². The summed E-state index contributed by atoms with van der Waals surface area (Å²) >= 11 is 5.35. The summed E-state index contributed by atoms with van der Waals surface area (Å²) in [6.45, 7) is 0.458. The van der Waals surface area contributed by atoms with Gasteiger partial charge in [0.25, 0.3) is 5.91 Å². The first-order valence-electron chi connectivity index (χ1n) is 11.1. The third-order valence-corrected chi connectivity index (χ3v) is 5.37. The van der Waals surface area contributed by atoms with Crippen molar-refractivity contribution in [2.75, 3.05) is 26.0 Å². The van der Waals surface area contributed by atoms with Crippen LogP contribution in [0.2, 0.25) is 0 Å². The lowest BCUT2D eigenvalue weighted by molar-refractivity contribution is -0.128. The molecule has 6 nitrogen and oxygen atoms in total. The van der Waals surface area contributed by atoms with Crippen molar-refractivity contribution in [2.24, 2.45) is 0 Å². The monoisotopic (exact) mass is 475 g/mol. The Kier molecular flexibility index (Phi) is 9.17. The topological polar surface area (TPSA) is 70.7 Å². The predicted octanol–water partition coefficient (Wildman–Crippen LogP) is 4.46. The van der Waals surface area contributed by atoms with Crippen molar-refractivity contribution in [3.05, 3.63) is 95.6 Å². The molecule has 0 radical (unpaired) electrons. The van der Waals surface area contributed by atoms with Crippen LogP contribution in [-0.2, 0) is 17.6 Å². The third-order valence-electron chi connectivity index (χ3n) is 5.16. The van der Waals surface area contributed by atoms with E-state index in [1.54, 1.807) is 37.2 Å². The summed E-state index contributed by atoms with van der Waals surface area (Å²) in [6, 6.07) is 24.8. The van der Waals surface area contributed by atoms with Gasteiger partial charge in [0.2, 0.25) is 5.91 Å². The first-order chi connectivity index (χ1) is 16.4. The summed E-state index contributed by atoms with van der Waals surface area (Å²) in [6.07, 6.45) is 1.80. The summed E-state index contributed by atoms with van der Waals surface area (Å²) in [5, 5.41) is 5.95. The second-order valence-electron chi connectivity index (χ2n) is 7.98. The van der Waals surface area contributed by atoms with Crippen LogP contribution in [0.5, 0.6) is 5.75 Å². The Morgan fingerprint density at radius 1 is 0.882 bits per heavy atom. The number of para-hydroxylation sites is 1. The maximum Gasteiger partial charge on any atom is 0.261 e. The Bertz CT molecular complexity index is 1130. The number of carbonyl (C=O) groups is 2. The maximum atomic E-state index is 12.8. The van der Waals surface area contributed by atoms with E-state index in [2.05, 4.69) is 10.6 Å². The van der Waals surface area contributed by atoms with Gasteiger partial charge in [-0.15, -0.1) is 0 Å². The van der Waals surface area contributed by atoms with Crippen LogP contribution in [0, 0.1) is 0 Å². The van der Waals surface area contributed by atoms with Crippen molar-refractivity contribution in [1.29, 1.82) is 0 Å². The molecular formula is C27H29N3O3S. The number of carbonyl (C=O) groups excluding carboxylic acids is 2. The molecule has 3 rings (SSSR count). The summed E-state index contributed by atoms with van der Waals surface area (Å²) in [5.41, 5.74) is 3.33. The number of thiocarbonyl (C=S) groups is 1. The highest BCUT2D eigenvalue weighted by atomic mass is 32.1. The van der Waals surface area contributed by atoms with Crippen LogP contribution in [0.1, 0.15) is 27.9 Å². The molecule has 34 heavy (non-hydrogen) atoms. The summed E-state index contributed by atoms with van der Waals surface area (Å²) in [4.78, 5) is 26.3. The number of hydrogen-bond acceptors (Lipinski definition) is 4. The van der Waals surface area contributed by atoms with Gasteiger partial charge in [-0.25, -0.2) is 0 Å². The Morgan fingerprint density at radius 2 is 1.59 bits per heavy atom. The Morgan fingerprint density at radius 3 is 2.35 bits per heavy atom. The average molecular weight is 476 g/mol. The molecule has 0 fully saturated rings. The lowest BCUT2D eigenvalue weighted by Crippen LogP contribution is -2.34. The fourth-order valence-corrected chi connectivity index (χ4v) is 3.53. The molecule has 3 aromatic rings. The SMILES string of the molecule is CN(C)C(=O)CCc1cccc(NC(=S)NC(=O)c2ccccc2OCCc2ccccc2)c1. The maximum absolute atomic E-state index is 12.8. The number of amides is 2. The molecule has 0 saturated carbocycles. The van der Waals surface area contributed by atoms with Crippen molar-refractivity contribution in [3.63, 3.8) is 0 Å². The van der Waals surface area contributed by atoms with Gasteiger partial charge in [0.15, 0.2) is 5.11 Å². The molecule has 0 saturated heterocycles. The van der Waals surface area contributed by atoms with E-state index in [-0.39, 0.29) is 16.9 Å². The molecule has 0 aliphatic heterocycles. The molecule has 176 valence electrons. The number of nitrogens with one attached hydrogen (secondary N) is 2. The number of benzene rings is 3. The van der Waals surface area contributed by atoms with Crippen LogP contribution < -0.4 is 15.4 Å². The molecule has 0 heterocycles. The molecule has 7 heteroatoms. The lowest BCUT2D eigenvalue weighted by atomic mass is 10.1. The van der Waals surface area contributed by atoms with Gasteiger partial charge in [-0.2, -0.15) is 0 Å². The molecule has 0 aliphatic carbocycles. The predicted molar refractivity (Wildman–Crippen MR) is 139 cm³/mol. The van der Waals surface area contributed by atoms with Gasteiger partial charge < -0.3 is 15.0 Å². The molecule has 0 atom stereocenters. The van der Waals surface area contributed by atoms with Crippen LogP contribution in [0.4, 0.5) is 5.69 Å². The van der Waals surface area contributed by atoms with Crippen molar-refractivity contribution in [1.82, 2.24) is 10.2 Å². The van der Waals surface area contributed by atoms with Crippen molar-refractivity contribution < 1.29 is 14.3 Å². The Hall–Kier alpha value is -3.71. The van der Waals surface area contributed by atoms with Gasteiger partial charge in [0.1, 0.15) is 5.75 Å². The fourth-order valence-electron chi connectivity index (χ4n) is 3.32. The number of hydrogen-bond donors (Lipinski definition) is 2. The highest BCUT2D eigenvalue weighted by molar-refractivity contribution is 7.80. The van der Waals surface area contributed by atoms with E-state index in [0.29, 0.717) is 30.8 Å². The number of nitrogens with zero attached hydrogens (tertiary/aromatic N) is 1. The van der Waals surface area contributed by atoms with Crippen molar-refractivity contribution >= 4 is 34.8 Å².